The van der Waals surface area contributed by atoms with E-state index in [-0.39, 0.29) is 40.5 Å². The predicted molar refractivity (Wildman–Crippen MR) is 97.8 cm³/mol. The van der Waals surface area contributed by atoms with E-state index in [1.54, 1.807) is 6.07 Å². The van der Waals surface area contributed by atoms with Gasteiger partial charge in [0.1, 0.15) is 5.75 Å². The van der Waals surface area contributed by atoms with Crippen LogP contribution in [-0.2, 0) is 11.3 Å². The topological polar surface area (TPSA) is 129 Å². The summed E-state index contributed by atoms with van der Waals surface area (Å²) in [5, 5.41) is 20.9. The molecule has 1 atom stereocenters. The summed E-state index contributed by atoms with van der Waals surface area (Å²) in [4.78, 5) is 15.6. The van der Waals surface area contributed by atoms with Gasteiger partial charge in [0.05, 0.1) is 23.0 Å². The number of carbonyl (C=O) groups is 1. The highest BCUT2D eigenvalue weighted by molar-refractivity contribution is 6.32. The maximum absolute atomic E-state index is 13.8. The first-order chi connectivity index (χ1) is 13.3. The summed E-state index contributed by atoms with van der Waals surface area (Å²) in [6, 6.07) is 5.05. The number of aromatic nitrogens is 5. The molecule has 3 aromatic rings. The van der Waals surface area contributed by atoms with E-state index in [0.717, 1.165) is 6.07 Å². The lowest BCUT2D eigenvalue weighted by Crippen LogP contribution is -2.30. The van der Waals surface area contributed by atoms with Crippen LogP contribution in [0.1, 0.15) is 6.42 Å². The first kappa shape index (κ1) is 19.9. The lowest BCUT2D eigenvalue weighted by Gasteiger charge is -2.08. The molecule has 2 heterocycles. The number of carboxylic acids is 1. The number of pyridine rings is 1. The number of hydrogen-bond donors (Lipinski definition) is 2. The Morgan fingerprint density at radius 2 is 2.14 bits per heavy atom. The Morgan fingerprint density at radius 3 is 2.82 bits per heavy atom. The van der Waals surface area contributed by atoms with E-state index in [9.17, 15) is 9.18 Å². The van der Waals surface area contributed by atoms with Gasteiger partial charge >= 0.3 is 5.97 Å². The zero-order chi connectivity index (χ0) is 20.3. The van der Waals surface area contributed by atoms with Crippen LogP contribution < -0.4 is 10.5 Å². The van der Waals surface area contributed by atoms with Crippen molar-refractivity contribution in [2.24, 2.45) is 5.73 Å². The molecular formula is C16H13Cl2FN6O3. The van der Waals surface area contributed by atoms with Crippen LogP contribution in [0.3, 0.4) is 0 Å². The maximum Gasteiger partial charge on any atom is 0.304 e. The Balaban J connectivity index is 1.74. The number of carboxylic acid groups (broad SMARTS) is 1. The van der Waals surface area contributed by atoms with Crippen LogP contribution >= 0.6 is 23.2 Å². The molecule has 2 aromatic heterocycles. The van der Waals surface area contributed by atoms with Crippen LogP contribution in [0, 0.1) is 5.82 Å². The predicted octanol–water partition coefficient (Wildman–Crippen LogP) is 2.78. The minimum Gasteiger partial charge on any atom is -0.481 e. The highest BCUT2D eigenvalue weighted by atomic mass is 35.5. The van der Waals surface area contributed by atoms with Crippen molar-refractivity contribution in [3.63, 3.8) is 0 Å². The molecule has 0 bridgehead atoms. The molecule has 0 spiro atoms. The van der Waals surface area contributed by atoms with Gasteiger partial charge in [-0.2, -0.15) is 4.80 Å². The SMILES string of the molecule is NC(CC(=O)O)Cn1nnc(-c2ccc(Oc3ncc(Cl)cc3F)c(Cl)c2)n1. The van der Waals surface area contributed by atoms with Gasteiger partial charge in [0.15, 0.2) is 5.82 Å². The van der Waals surface area contributed by atoms with E-state index in [2.05, 4.69) is 20.4 Å². The third-order valence-corrected chi connectivity index (χ3v) is 3.96. The van der Waals surface area contributed by atoms with Gasteiger partial charge in [-0.15, -0.1) is 10.2 Å². The van der Waals surface area contributed by atoms with E-state index in [4.69, 9.17) is 38.8 Å². The van der Waals surface area contributed by atoms with E-state index in [1.165, 1.54) is 23.1 Å². The van der Waals surface area contributed by atoms with E-state index >= 15 is 0 Å². The molecule has 0 amide bonds. The van der Waals surface area contributed by atoms with Crippen molar-refractivity contribution < 1.29 is 19.0 Å². The molecule has 9 nitrogen and oxygen atoms in total. The van der Waals surface area contributed by atoms with Gasteiger partial charge < -0.3 is 15.6 Å². The van der Waals surface area contributed by atoms with Crippen LogP contribution in [0.4, 0.5) is 4.39 Å². The molecule has 0 fully saturated rings. The Bertz CT molecular complexity index is 1020. The number of ether oxygens (including phenoxy) is 1. The van der Waals surface area contributed by atoms with Crippen molar-refractivity contribution in [3.8, 4) is 23.0 Å². The zero-order valence-corrected chi connectivity index (χ0v) is 15.6. The third kappa shape index (κ3) is 4.91. The Morgan fingerprint density at radius 1 is 1.36 bits per heavy atom. The van der Waals surface area contributed by atoms with Gasteiger partial charge in [0.2, 0.25) is 5.82 Å². The largest absolute Gasteiger partial charge is 0.481 e. The van der Waals surface area contributed by atoms with Crippen LogP contribution in [0.2, 0.25) is 10.0 Å². The van der Waals surface area contributed by atoms with Gasteiger partial charge in [-0.3, -0.25) is 4.79 Å². The highest BCUT2D eigenvalue weighted by Gasteiger charge is 2.15. The number of benzene rings is 1. The highest BCUT2D eigenvalue weighted by Crippen LogP contribution is 2.33. The summed E-state index contributed by atoms with van der Waals surface area (Å²) >= 11 is 11.8. The van der Waals surface area contributed by atoms with Crippen molar-refractivity contribution in [2.45, 2.75) is 19.0 Å². The van der Waals surface area contributed by atoms with Gasteiger partial charge in [0.25, 0.3) is 5.88 Å². The van der Waals surface area contributed by atoms with Crippen LogP contribution in [-0.4, -0.2) is 42.3 Å². The second kappa shape index (κ2) is 8.46. The normalized spacial score (nSPS) is 12.0. The number of halogens is 3. The fourth-order valence-electron chi connectivity index (χ4n) is 2.24. The minimum atomic E-state index is -1.01. The van der Waals surface area contributed by atoms with Crippen molar-refractivity contribution in [1.29, 1.82) is 0 Å². The molecule has 0 aliphatic heterocycles. The summed E-state index contributed by atoms with van der Waals surface area (Å²) in [6.07, 6.45) is 1.03. The first-order valence-electron chi connectivity index (χ1n) is 7.86. The van der Waals surface area contributed by atoms with Gasteiger partial charge in [-0.25, -0.2) is 9.37 Å². The Labute approximate surface area is 167 Å². The lowest BCUT2D eigenvalue weighted by molar-refractivity contribution is -0.137. The lowest BCUT2D eigenvalue weighted by atomic mass is 10.2. The summed E-state index contributed by atoms with van der Waals surface area (Å²) in [5.74, 6) is -1.57. The number of rotatable bonds is 7. The van der Waals surface area contributed by atoms with E-state index in [1.807, 2.05) is 0 Å². The standard InChI is InChI=1S/C16H13Cl2FN6O3/c17-9-4-12(19)16(21-6-9)28-13-2-1-8(3-11(13)18)15-22-24-25(23-15)7-10(20)5-14(26)27/h1-4,6,10H,5,7,20H2,(H,26,27). The number of hydrogen-bond acceptors (Lipinski definition) is 7. The smallest absolute Gasteiger partial charge is 0.304 e. The maximum atomic E-state index is 13.8. The van der Waals surface area contributed by atoms with Crippen LogP contribution in [0.15, 0.2) is 30.5 Å². The fraction of sp³-hybridized carbons (Fsp3) is 0.188. The Kier molecular flexibility index (Phi) is 6.02. The number of nitrogens with zero attached hydrogens (tertiary/aromatic N) is 5. The van der Waals surface area contributed by atoms with Gasteiger partial charge in [-0.1, -0.05) is 23.2 Å². The first-order valence-corrected chi connectivity index (χ1v) is 8.61. The van der Waals surface area contributed by atoms with Crippen molar-refractivity contribution in [2.75, 3.05) is 0 Å². The third-order valence-electron chi connectivity index (χ3n) is 3.46. The van der Waals surface area contributed by atoms with Crippen molar-refractivity contribution in [3.05, 3.63) is 46.3 Å². The molecule has 28 heavy (non-hydrogen) atoms. The summed E-state index contributed by atoms with van der Waals surface area (Å²) in [6.45, 7) is 0.0930. The second-order valence-electron chi connectivity index (χ2n) is 5.71. The summed E-state index contributed by atoms with van der Waals surface area (Å²) < 4.78 is 19.2. The quantitative estimate of drug-likeness (QED) is 0.589. The van der Waals surface area contributed by atoms with E-state index < -0.39 is 17.8 Å². The minimum absolute atomic E-state index is 0.0930. The molecular weight excluding hydrogens is 414 g/mol. The fourth-order valence-corrected chi connectivity index (χ4v) is 2.60. The second-order valence-corrected chi connectivity index (χ2v) is 6.56. The molecule has 0 aliphatic rings. The number of tetrazole rings is 1. The molecule has 0 saturated carbocycles. The molecule has 1 unspecified atom stereocenters. The van der Waals surface area contributed by atoms with Gasteiger partial charge in [0, 0.05) is 17.8 Å². The van der Waals surface area contributed by atoms with E-state index in [0.29, 0.717) is 5.56 Å². The average molecular weight is 427 g/mol. The molecule has 3 rings (SSSR count). The Hall–Kier alpha value is -2.82. The number of aliphatic carboxylic acids is 1. The molecule has 0 radical (unpaired) electrons. The molecule has 3 N–H and O–H groups in total. The van der Waals surface area contributed by atoms with Gasteiger partial charge in [-0.05, 0) is 29.5 Å². The molecule has 146 valence electrons. The molecule has 0 saturated heterocycles. The van der Waals surface area contributed by atoms with Crippen molar-refractivity contribution >= 4 is 29.2 Å². The van der Waals surface area contributed by atoms with Crippen LogP contribution in [0.25, 0.3) is 11.4 Å². The van der Waals surface area contributed by atoms with Crippen LogP contribution in [0.5, 0.6) is 11.6 Å². The summed E-state index contributed by atoms with van der Waals surface area (Å²) in [7, 11) is 0. The zero-order valence-electron chi connectivity index (χ0n) is 14.1. The number of nitrogens with two attached hydrogens (primary N) is 1. The monoisotopic (exact) mass is 426 g/mol. The average Bonchev–Trinajstić information content (AvgIpc) is 3.06. The van der Waals surface area contributed by atoms with Crippen molar-refractivity contribution in [1.82, 2.24) is 25.2 Å². The molecule has 0 aliphatic carbocycles. The molecule has 12 heteroatoms. The molecule has 1 aromatic carbocycles. The summed E-state index contributed by atoms with van der Waals surface area (Å²) in [5.41, 5.74) is 6.23.